The molecule has 26 heavy (non-hydrogen) atoms. The highest BCUT2D eigenvalue weighted by atomic mass is 32.2. The summed E-state index contributed by atoms with van der Waals surface area (Å²) in [6.45, 7) is 0. The molecule has 0 aliphatic carbocycles. The first kappa shape index (κ1) is 16.8. The smallest absolute Gasteiger partial charge is 0.263 e. The number of thioether (sulfide) groups is 1. The third kappa shape index (κ3) is 3.36. The molecule has 1 amide bonds. The van der Waals surface area contributed by atoms with Crippen molar-refractivity contribution in [3.63, 3.8) is 0 Å². The van der Waals surface area contributed by atoms with Crippen LogP contribution in [0.2, 0.25) is 0 Å². The highest BCUT2D eigenvalue weighted by Gasteiger charge is 2.21. The maximum Gasteiger partial charge on any atom is 0.263 e. The Kier molecular flexibility index (Phi) is 4.49. The van der Waals surface area contributed by atoms with Gasteiger partial charge in [0, 0.05) is 0 Å². The zero-order valence-corrected chi connectivity index (χ0v) is 15.6. The molecule has 1 aliphatic heterocycles. The zero-order valence-electron chi connectivity index (χ0n) is 14.0. The van der Waals surface area contributed by atoms with Gasteiger partial charge in [-0.1, -0.05) is 60.4 Å². The fraction of sp³-hybridized carbons (Fsp3) is 0.0476. The molecule has 1 saturated heterocycles. The number of ether oxygens (including phenoxy) is 1. The van der Waals surface area contributed by atoms with Gasteiger partial charge in [0.05, 0.1) is 12.0 Å². The van der Waals surface area contributed by atoms with Crippen LogP contribution >= 0.6 is 24.0 Å². The van der Waals surface area contributed by atoms with Gasteiger partial charge in [0.1, 0.15) is 10.1 Å². The average molecular weight is 377 g/mol. The van der Waals surface area contributed by atoms with Crippen LogP contribution < -0.4 is 10.1 Å². The van der Waals surface area contributed by atoms with E-state index in [1.807, 2.05) is 30.3 Å². The van der Waals surface area contributed by atoms with Crippen LogP contribution in [0.3, 0.4) is 0 Å². The van der Waals surface area contributed by atoms with Crippen molar-refractivity contribution in [3.8, 4) is 16.9 Å². The third-order valence-electron chi connectivity index (χ3n) is 4.21. The molecule has 0 unspecified atom stereocenters. The molecule has 4 rings (SSSR count). The van der Waals surface area contributed by atoms with E-state index in [2.05, 4.69) is 41.7 Å². The Labute approximate surface area is 161 Å². The van der Waals surface area contributed by atoms with E-state index in [0.717, 1.165) is 33.2 Å². The van der Waals surface area contributed by atoms with Crippen molar-refractivity contribution >= 4 is 51.1 Å². The van der Waals surface area contributed by atoms with Crippen LogP contribution in [0.15, 0.2) is 65.6 Å². The Hall–Kier alpha value is -2.63. The van der Waals surface area contributed by atoms with Crippen molar-refractivity contribution in [1.82, 2.24) is 5.32 Å². The highest BCUT2D eigenvalue weighted by Crippen LogP contribution is 2.30. The molecule has 1 heterocycles. The van der Waals surface area contributed by atoms with E-state index in [-0.39, 0.29) is 5.91 Å². The minimum absolute atomic E-state index is 0.134. The Bertz CT molecular complexity index is 1070. The molecule has 1 aliphatic rings. The fourth-order valence-electron chi connectivity index (χ4n) is 2.91. The fourth-order valence-corrected chi connectivity index (χ4v) is 3.96. The summed E-state index contributed by atoms with van der Waals surface area (Å²) in [6, 6.07) is 20.5. The predicted octanol–water partition coefficient (Wildman–Crippen LogP) is 5.00. The number of thiocarbonyl (C=S) groups is 1. The lowest BCUT2D eigenvalue weighted by Crippen LogP contribution is -2.17. The lowest BCUT2D eigenvalue weighted by atomic mass is 9.99. The predicted molar refractivity (Wildman–Crippen MR) is 112 cm³/mol. The van der Waals surface area contributed by atoms with E-state index < -0.39 is 0 Å². The number of methoxy groups -OCH3 is 1. The van der Waals surface area contributed by atoms with Crippen LogP contribution in [-0.2, 0) is 4.79 Å². The highest BCUT2D eigenvalue weighted by molar-refractivity contribution is 8.26. The van der Waals surface area contributed by atoms with Gasteiger partial charge in [0.15, 0.2) is 0 Å². The number of rotatable bonds is 3. The van der Waals surface area contributed by atoms with Crippen molar-refractivity contribution in [1.29, 1.82) is 0 Å². The first-order chi connectivity index (χ1) is 12.6. The summed E-state index contributed by atoms with van der Waals surface area (Å²) in [6.07, 6.45) is 1.87. The summed E-state index contributed by atoms with van der Waals surface area (Å²) in [5.74, 6) is 0.717. The van der Waals surface area contributed by atoms with E-state index in [1.165, 1.54) is 11.8 Å². The van der Waals surface area contributed by atoms with Crippen molar-refractivity contribution in [2.75, 3.05) is 7.11 Å². The van der Waals surface area contributed by atoms with Crippen LogP contribution in [0.25, 0.3) is 28.0 Å². The summed E-state index contributed by atoms with van der Waals surface area (Å²) < 4.78 is 5.78. The van der Waals surface area contributed by atoms with Crippen LogP contribution in [0, 0.1) is 0 Å². The normalized spacial score (nSPS) is 15.5. The van der Waals surface area contributed by atoms with Gasteiger partial charge in [-0.15, -0.1) is 0 Å². The largest absolute Gasteiger partial charge is 0.497 e. The van der Waals surface area contributed by atoms with Gasteiger partial charge in [0.2, 0.25) is 0 Å². The molecule has 5 heteroatoms. The molecule has 1 N–H and O–H groups in total. The Morgan fingerprint density at radius 3 is 2.54 bits per heavy atom. The molecule has 3 nitrogen and oxygen atoms in total. The number of amides is 1. The monoisotopic (exact) mass is 377 g/mol. The van der Waals surface area contributed by atoms with Crippen molar-refractivity contribution < 1.29 is 9.53 Å². The number of carbonyl (C=O) groups is 1. The lowest BCUT2D eigenvalue weighted by Gasteiger charge is -2.07. The number of fused-ring (bicyclic) bond motifs is 1. The van der Waals surface area contributed by atoms with E-state index in [1.54, 1.807) is 7.11 Å². The van der Waals surface area contributed by atoms with Gasteiger partial charge in [-0.05, 0) is 57.8 Å². The molecule has 0 saturated carbocycles. The standard InChI is InChI=1S/C21H15NO2S2/c1-24-18-8-7-16-11-15(5-6-17(16)12-18)14-4-2-3-13(9-14)10-19-20(23)22-21(25)26-19/h2-12H,1H3,(H,22,23,25)/b19-10-. The maximum atomic E-state index is 11.8. The molecule has 0 atom stereocenters. The van der Waals surface area contributed by atoms with Crippen molar-refractivity contribution in [2.45, 2.75) is 0 Å². The number of hydrogen-bond acceptors (Lipinski definition) is 4. The van der Waals surface area contributed by atoms with Gasteiger partial charge in [-0.25, -0.2) is 0 Å². The zero-order chi connectivity index (χ0) is 18.1. The van der Waals surface area contributed by atoms with Crippen LogP contribution in [-0.4, -0.2) is 17.3 Å². The van der Waals surface area contributed by atoms with Crippen LogP contribution in [0.4, 0.5) is 0 Å². The second kappa shape index (κ2) is 6.94. The Morgan fingerprint density at radius 2 is 1.77 bits per heavy atom. The summed E-state index contributed by atoms with van der Waals surface area (Å²) in [7, 11) is 1.67. The number of carbonyl (C=O) groups excluding carboxylic acids is 1. The summed E-state index contributed by atoms with van der Waals surface area (Å²) >= 11 is 6.33. The SMILES string of the molecule is COc1ccc2cc(-c3cccc(/C=C4\SC(=S)NC4=O)c3)ccc2c1. The number of nitrogens with one attached hydrogen (secondary N) is 1. The first-order valence-corrected chi connectivity index (χ1v) is 9.28. The number of benzene rings is 3. The van der Waals surface area contributed by atoms with Crippen molar-refractivity contribution in [3.05, 3.63) is 71.1 Å². The first-order valence-electron chi connectivity index (χ1n) is 8.05. The minimum atomic E-state index is -0.134. The third-order valence-corrected chi connectivity index (χ3v) is 5.37. The molecule has 0 bridgehead atoms. The molecule has 0 spiro atoms. The molecular weight excluding hydrogens is 362 g/mol. The molecular formula is C21H15NO2S2. The molecule has 1 fully saturated rings. The molecule has 0 radical (unpaired) electrons. The van der Waals surface area contributed by atoms with Gasteiger partial charge in [-0.3, -0.25) is 4.79 Å². The van der Waals surface area contributed by atoms with Gasteiger partial charge in [0.25, 0.3) is 5.91 Å². The topological polar surface area (TPSA) is 38.3 Å². The van der Waals surface area contributed by atoms with E-state index in [9.17, 15) is 4.79 Å². The van der Waals surface area contributed by atoms with E-state index >= 15 is 0 Å². The average Bonchev–Trinajstić information content (AvgIpc) is 2.98. The molecule has 0 aromatic heterocycles. The van der Waals surface area contributed by atoms with Crippen LogP contribution in [0.1, 0.15) is 5.56 Å². The van der Waals surface area contributed by atoms with Gasteiger partial charge < -0.3 is 10.1 Å². The van der Waals surface area contributed by atoms with Gasteiger partial charge in [-0.2, -0.15) is 0 Å². The number of hydrogen-bond donors (Lipinski definition) is 1. The van der Waals surface area contributed by atoms with Crippen molar-refractivity contribution in [2.24, 2.45) is 0 Å². The minimum Gasteiger partial charge on any atom is -0.497 e. The summed E-state index contributed by atoms with van der Waals surface area (Å²) in [5, 5.41) is 4.93. The summed E-state index contributed by atoms with van der Waals surface area (Å²) in [4.78, 5) is 12.5. The molecule has 3 aromatic carbocycles. The summed E-state index contributed by atoms with van der Waals surface area (Å²) in [5.41, 5.74) is 3.20. The lowest BCUT2D eigenvalue weighted by molar-refractivity contribution is -0.115. The van der Waals surface area contributed by atoms with Crippen LogP contribution in [0.5, 0.6) is 5.75 Å². The second-order valence-electron chi connectivity index (χ2n) is 5.91. The maximum absolute atomic E-state index is 11.8. The van der Waals surface area contributed by atoms with E-state index in [4.69, 9.17) is 17.0 Å². The molecule has 3 aromatic rings. The second-order valence-corrected chi connectivity index (χ2v) is 7.62. The Morgan fingerprint density at radius 1 is 1.00 bits per heavy atom. The Balaban J connectivity index is 1.70. The van der Waals surface area contributed by atoms with Gasteiger partial charge >= 0.3 is 0 Å². The molecule has 128 valence electrons. The van der Waals surface area contributed by atoms with E-state index in [0.29, 0.717) is 9.23 Å². The quantitative estimate of drug-likeness (QED) is 0.515.